The summed E-state index contributed by atoms with van der Waals surface area (Å²) in [6.45, 7) is 5.72. The van der Waals surface area contributed by atoms with Crippen molar-refractivity contribution in [2.75, 3.05) is 5.33 Å². The Hall–Kier alpha value is -0.310. The molecule has 0 spiro atoms. The van der Waals surface area contributed by atoms with Crippen LogP contribution in [0.25, 0.3) is 0 Å². The molecule has 0 saturated carbocycles. The Morgan fingerprint density at radius 3 is 2.65 bits per heavy atom. The fraction of sp³-hybridized carbons (Fsp3) is 0.786. The summed E-state index contributed by atoms with van der Waals surface area (Å²) >= 11 is 3.70. The van der Waals surface area contributed by atoms with Gasteiger partial charge < -0.3 is 4.57 Å². The number of rotatable bonds is 5. The monoisotopic (exact) mass is 298 g/mol. The van der Waals surface area contributed by atoms with Gasteiger partial charge in [-0.05, 0) is 43.9 Å². The smallest absolute Gasteiger partial charge is 0.0951 e. The maximum atomic E-state index is 4.59. The van der Waals surface area contributed by atoms with Crippen molar-refractivity contribution in [1.82, 2.24) is 9.55 Å². The first-order valence-corrected chi connectivity index (χ1v) is 7.95. The molecule has 0 saturated heterocycles. The van der Waals surface area contributed by atoms with E-state index in [1.165, 1.54) is 49.9 Å². The van der Waals surface area contributed by atoms with E-state index >= 15 is 0 Å². The lowest BCUT2D eigenvalue weighted by atomic mass is 9.84. The van der Waals surface area contributed by atoms with Gasteiger partial charge in [0.25, 0.3) is 0 Å². The molecule has 3 heteroatoms. The third kappa shape index (κ3) is 2.59. The zero-order valence-corrected chi connectivity index (χ0v) is 12.6. The van der Waals surface area contributed by atoms with E-state index in [-0.39, 0.29) is 0 Å². The minimum atomic E-state index is 0.395. The SMILES string of the molecule is CCC(CC)(CBr)Cn1cnc2c1CCCC2. The molecule has 1 aliphatic carbocycles. The van der Waals surface area contributed by atoms with Crippen LogP contribution in [-0.4, -0.2) is 14.9 Å². The minimum Gasteiger partial charge on any atom is -0.334 e. The van der Waals surface area contributed by atoms with E-state index < -0.39 is 0 Å². The molecule has 1 aromatic rings. The molecule has 1 heterocycles. The summed E-state index contributed by atoms with van der Waals surface area (Å²) in [4.78, 5) is 4.59. The highest BCUT2D eigenvalue weighted by Crippen LogP contribution is 2.32. The Balaban J connectivity index is 2.20. The van der Waals surface area contributed by atoms with E-state index in [9.17, 15) is 0 Å². The van der Waals surface area contributed by atoms with Crippen LogP contribution in [0.4, 0.5) is 0 Å². The topological polar surface area (TPSA) is 17.8 Å². The van der Waals surface area contributed by atoms with Crippen LogP contribution in [0.5, 0.6) is 0 Å². The van der Waals surface area contributed by atoms with Gasteiger partial charge in [0, 0.05) is 17.6 Å². The normalized spacial score (nSPS) is 15.9. The number of aryl methyl sites for hydroxylation is 1. The number of alkyl halides is 1. The van der Waals surface area contributed by atoms with Crippen molar-refractivity contribution >= 4 is 15.9 Å². The van der Waals surface area contributed by atoms with Gasteiger partial charge in [0.2, 0.25) is 0 Å². The summed E-state index contributed by atoms with van der Waals surface area (Å²) in [5, 5.41) is 1.08. The van der Waals surface area contributed by atoms with Crippen LogP contribution in [0, 0.1) is 5.41 Å². The van der Waals surface area contributed by atoms with E-state index in [1.54, 1.807) is 0 Å². The molecular formula is C14H23BrN2. The van der Waals surface area contributed by atoms with Crippen LogP contribution >= 0.6 is 15.9 Å². The Bertz CT molecular complexity index is 358. The van der Waals surface area contributed by atoms with Crippen molar-refractivity contribution in [2.24, 2.45) is 5.41 Å². The zero-order valence-electron chi connectivity index (χ0n) is 11.0. The van der Waals surface area contributed by atoms with Crippen LogP contribution in [0.1, 0.15) is 50.9 Å². The number of nitrogens with zero attached hydrogens (tertiary/aromatic N) is 2. The van der Waals surface area contributed by atoms with Gasteiger partial charge in [0.1, 0.15) is 0 Å². The summed E-state index contributed by atoms with van der Waals surface area (Å²) in [5.74, 6) is 0. The molecule has 0 atom stereocenters. The molecule has 2 nitrogen and oxygen atoms in total. The second-order valence-corrected chi connectivity index (χ2v) is 5.87. The third-order valence-electron chi connectivity index (χ3n) is 4.40. The minimum absolute atomic E-state index is 0.395. The number of imidazole rings is 1. The Kier molecular flexibility index (Phi) is 4.29. The van der Waals surface area contributed by atoms with Crippen molar-refractivity contribution < 1.29 is 0 Å². The lowest BCUT2D eigenvalue weighted by molar-refractivity contribution is 0.256. The van der Waals surface area contributed by atoms with Crippen molar-refractivity contribution in [2.45, 2.75) is 58.9 Å². The predicted octanol–water partition coefficient (Wildman–Crippen LogP) is 3.96. The molecule has 17 heavy (non-hydrogen) atoms. The standard InChI is InChI=1S/C14H23BrN2/c1-3-14(4-2,9-15)10-17-11-16-12-7-5-6-8-13(12)17/h11H,3-10H2,1-2H3. The molecule has 2 rings (SSSR count). The van der Waals surface area contributed by atoms with Gasteiger partial charge in [-0.25, -0.2) is 4.98 Å². The van der Waals surface area contributed by atoms with Crippen molar-refractivity contribution in [3.63, 3.8) is 0 Å². The molecule has 1 aromatic heterocycles. The van der Waals surface area contributed by atoms with E-state index in [1.807, 2.05) is 0 Å². The summed E-state index contributed by atoms with van der Waals surface area (Å²) in [6.07, 6.45) is 9.57. The lowest BCUT2D eigenvalue weighted by Gasteiger charge is -2.31. The fourth-order valence-electron chi connectivity index (χ4n) is 2.73. The lowest BCUT2D eigenvalue weighted by Crippen LogP contribution is -2.28. The van der Waals surface area contributed by atoms with Gasteiger partial charge in [0.05, 0.1) is 12.0 Å². The first-order valence-electron chi connectivity index (χ1n) is 6.83. The molecule has 0 aromatic carbocycles. The molecule has 0 radical (unpaired) electrons. The number of hydrogen-bond acceptors (Lipinski definition) is 1. The van der Waals surface area contributed by atoms with Gasteiger partial charge in [0.15, 0.2) is 0 Å². The van der Waals surface area contributed by atoms with Crippen LogP contribution in [0.3, 0.4) is 0 Å². The molecule has 0 N–H and O–H groups in total. The highest BCUT2D eigenvalue weighted by Gasteiger charge is 2.27. The molecular weight excluding hydrogens is 276 g/mol. The molecule has 0 unspecified atom stereocenters. The maximum absolute atomic E-state index is 4.59. The highest BCUT2D eigenvalue weighted by atomic mass is 79.9. The van der Waals surface area contributed by atoms with Gasteiger partial charge in [-0.3, -0.25) is 0 Å². The van der Waals surface area contributed by atoms with E-state index in [2.05, 4.69) is 45.7 Å². The Labute approximate surface area is 113 Å². The van der Waals surface area contributed by atoms with E-state index in [0.717, 1.165) is 11.9 Å². The largest absolute Gasteiger partial charge is 0.334 e. The first-order chi connectivity index (χ1) is 8.24. The summed E-state index contributed by atoms with van der Waals surface area (Å²) in [7, 11) is 0. The summed E-state index contributed by atoms with van der Waals surface area (Å²) in [6, 6.07) is 0. The van der Waals surface area contributed by atoms with Crippen molar-refractivity contribution in [3.05, 3.63) is 17.7 Å². The average molecular weight is 299 g/mol. The van der Waals surface area contributed by atoms with Crippen molar-refractivity contribution in [1.29, 1.82) is 0 Å². The molecule has 0 bridgehead atoms. The number of aromatic nitrogens is 2. The van der Waals surface area contributed by atoms with Crippen molar-refractivity contribution in [3.8, 4) is 0 Å². The van der Waals surface area contributed by atoms with Crippen LogP contribution in [0.15, 0.2) is 6.33 Å². The molecule has 0 amide bonds. The van der Waals surface area contributed by atoms with Crippen LogP contribution < -0.4 is 0 Å². The molecule has 96 valence electrons. The maximum Gasteiger partial charge on any atom is 0.0951 e. The first kappa shape index (κ1) is 13.1. The Morgan fingerprint density at radius 1 is 1.29 bits per heavy atom. The van der Waals surface area contributed by atoms with Gasteiger partial charge >= 0.3 is 0 Å². The molecule has 0 fully saturated rings. The second kappa shape index (κ2) is 5.55. The quantitative estimate of drug-likeness (QED) is 0.752. The predicted molar refractivity (Wildman–Crippen MR) is 75.7 cm³/mol. The van der Waals surface area contributed by atoms with Crippen LogP contribution in [-0.2, 0) is 19.4 Å². The summed E-state index contributed by atoms with van der Waals surface area (Å²) < 4.78 is 2.42. The number of fused-ring (bicyclic) bond motifs is 1. The highest BCUT2D eigenvalue weighted by molar-refractivity contribution is 9.09. The second-order valence-electron chi connectivity index (χ2n) is 5.31. The Morgan fingerprint density at radius 2 is 2.00 bits per heavy atom. The number of hydrogen-bond donors (Lipinski definition) is 0. The number of halogens is 1. The average Bonchev–Trinajstić information content (AvgIpc) is 2.79. The van der Waals surface area contributed by atoms with Gasteiger partial charge in [-0.1, -0.05) is 29.8 Å². The third-order valence-corrected chi connectivity index (χ3v) is 5.59. The van der Waals surface area contributed by atoms with Gasteiger partial charge in [-0.15, -0.1) is 0 Å². The van der Waals surface area contributed by atoms with Crippen LogP contribution in [0.2, 0.25) is 0 Å². The van der Waals surface area contributed by atoms with Gasteiger partial charge in [-0.2, -0.15) is 0 Å². The van der Waals surface area contributed by atoms with E-state index in [0.29, 0.717) is 5.41 Å². The molecule has 1 aliphatic rings. The summed E-state index contributed by atoms with van der Waals surface area (Å²) in [5.41, 5.74) is 3.25. The van der Waals surface area contributed by atoms with E-state index in [4.69, 9.17) is 0 Å². The zero-order chi connectivity index (χ0) is 12.3. The molecule has 0 aliphatic heterocycles. The fourth-order valence-corrected chi connectivity index (χ4v) is 3.70.